The van der Waals surface area contributed by atoms with Crippen molar-refractivity contribution < 1.29 is 14.3 Å². The highest BCUT2D eigenvalue weighted by atomic mass is 35.5. The van der Waals surface area contributed by atoms with Crippen LogP contribution in [0.25, 0.3) is 0 Å². The van der Waals surface area contributed by atoms with Crippen LogP contribution < -0.4 is 0 Å². The number of halogens is 2. The molecule has 0 aromatic heterocycles. The van der Waals surface area contributed by atoms with E-state index >= 15 is 0 Å². The van der Waals surface area contributed by atoms with Gasteiger partial charge in [-0.15, -0.1) is 0 Å². The van der Waals surface area contributed by atoms with Gasteiger partial charge in [0.25, 0.3) is 0 Å². The molecule has 0 bridgehead atoms. The smallest absolute Gasteiger partial charge is 0.335 e. The first-order chi connectivity index (χ1) is 12.0. The fourth-order valence-corrected chi connectivity index (χ4v) is 3.30. The van der Waals surface area contributed by atoms with Crippen molar-refractivity contribution in [2.45, 2.75) is 13.1 Å². The number of hydrogen-bond donors (Lipinski definition) is 1. The molecule has 0 amide bonds. The maximum atomic E-state index is 13.9. The average molecular weight is 363 g/mol. The highest BCUT2D eigenvalue weighted by Crippen LogP contribution is 2.21. The lowest BCUT2D eigenvalue weighted by atomic mass is 10.1. The second-order valence-corrected chi connectivity index (χ2v) is 6.67. The third kappa shape index (κ3) is 4.57. The number of piperazine rings is 1. The molecule has 1 aliphatic rings. The normalized spacial score (nSPS) is 16.1. The van der Waals surface area contributed by atoms with Gasteiger partial charge in [0.2, 0.25) is 0 Å². The Balaban J connectivity index is 1.55. The number of benzene rings is 2. The van der Waals surface area contributed by atoms with Crippen LogP contribution in [0, 0.1) is 5.82 Å². The Kier molecular flexibility index (Phi) is 5.68. The molecule has 0 spiro atoms. The van der Waals surface area contributed by atoms with Crippen molar-refractivity contribution in [2.75, 3.05) is 26.2 Å². The molecular formula is C19H20ClFN2O2. The first-order valence-corrected chi connectivity index (χ1v) is 8.60. The largest absolute Gasteiger partial charge is 0.478 e. The summed E-state index contributed by atoms with van der Waals surface area (Å²) in [6, 6.07) is 11.8. The molecule has 1 saturated heterocycles. The summed E-state index contributed by atoms with van der Waals surface area (Å²) in [6.07, 6.45) is 0. The topological polar surface area (TPSA) is 43.8 Å². The summed E-state index contributed by atoms with van der Waals surface area (Å²) in [5.74, 6) is -1.17. The van der Waals surface area contributed by atoms with Gasteiger partial charge in [-0.05, 0) is 29.8 Å². The van der Waals surface area contributed by atoms with Crippen LogP contribution in [-0.2, 0) is 13.1 Å². The van der Waals surface area contributed by atoms with Crippen molar-refractivity contribution in [1.29, 1.82) is 0 Å². The van der Waals surface area contributed by atoms with Gasteiger partial charge in [0.15, 0.2) is 0 Å². The summed E-state index contributed by atoms with van der Waals surface area (Å²) >= 11 is 6.10. The highest BCUT2D eigenvalue weighted by molar-refractivity contribution is 6.31. The van der Waals surface area contributed by atoms with Crippen LogP contribution in [0.5, 0.6) is 0 Å². The van der Waals surface area contributed by atoms with E-state index in [1.807, 2.05) is 6.07 Å². The van der Waals surface area contributed by atoms with Gasteiger partial charge in [0, 0.05) is 49.9 Å². The molecule has 0 atom stereocenters. The second kappa shape index (κ2) is 7.95. The lowest BCUT2D eigenvalue weighted by molar-refractivity contribution is 0.0696. The Morgan fingerprint density at radius 2 is 1.68 bits per heavy atom. The molecule has 1 aliphatic heterocycles. The van der Waals surface area contributed by atoms with Crippen LogP contribution in [0.2, 0.25) is 5.02 Å². The monoisotopic (exact) mass is 362 g/mol. The predicted octanol–water partition coefficient (Wildman–Crippen LogP) is 3.50. The summed E-state index contributed by atoms with van der Waals surface area (Å²) in [7, 11) is 0. The van der Waals surface area contributed by atoms with Crippen molar-refractivity contribution in [1.82, 2.24) is 9.80 Å². The number of carboxylic acids is 1. The molecular weight excluding hydrogens is 343 g/mol. The van der Waals surface area contributed by atoms with Crippen molar-refractivity contribution in [3.8, 4) is 0 Å². The fraction of sp³-hybridized carbons (Fsp3) is 0.316. The second-order valence-electron chi connectivity index (χ2n) is 6.26. The van der Waals surface area contributed by atoms with Gasteiger partial charge in [-0.3, -0.25) is 9.80 Å². The summed E-state index contributed by atoms with van der Waals surface area (Å²) in [5.41, 5.74) is 1.85. The summed E-state index contributed by atoms with van der Waals surface area (Å²) in [5, 5.41) is 9.54. The molecule has 1 N–H and O–H groups in total. The number of carbonyl (C=O) groups is 1. The number of rotatable bonds is 5. The van der Waals surface area contributed by atoms with E-state index in [4.69, 9.17) is 16.7 Å². The number of nitrogens with zero attached hydrogens (tertiary/aromatic N) is 2. The van der Waals surface area contributed by atoms with Crippen LogP contribution in [0.15, 0.2) is 42.5 Å². The number of aromatic carboxylic acids is 1. The minimum absolute atomic E-state index is 0.264. The van der Waals surface area contributed by atoms with Crippen LogP contribution in [0.1, 0.15) is 21.5 Å². The van der Waals surface area contributed by atoms with E-state index in [-0.39, 0.29) is 5.82 Å². The molecule has 2 aromatic carbocycles. The molecule has 0 aliphatic carbocycles. The Morgan fingerprint density at radius 1 is 1.04 bits per heavy atom. The molecule has 0 radical (unpaired) electrons. The minimum Gasteiger partial charge on any atom is -0.478 e. The van der Waals surface area contributed by atoms with Crippen molar-refractivity contribution >= 4 is 17.6 Å². The highest BCUT2D eigenvalue weighted by Gasteiger charge is 2.19. The van der Waals surface area contributed by atoms with Gasteiger partial charge in [0.1, 0.15) is 5.82 Å². The molecule has 1 fully saturated rings. The molecule has 6 heteroatoms. The van der Waals surface area contributed by atoms with Gasteiger partial charge < -0.3 is 5.11 Å². The van der Waals surface area contributed by atoms with Gasteiger partial charge >= 0.3 is 5.97 Å². The summed E-state index contributed by atoms with van der Waals surface area (Å²) in [6.45, 7) is 4.57. The van der Waals surface area contributed by atoms with Gasteiger partial charge in [-0.2, -0.15) is 0 Å². The maximum Gasteiger partial charge on any atom is 0.335 e. The van der Waals surface area contributed by atoms with E-state index in [9.17, 15) is 9.18 Å². The molecule has 3 rings (SSSR count). The zero-order valence-corrected chi connectivity index (χ0v) is 14.5. The van der Waals surface area contributed by atoms with Crippen LogP contribution in [0.4, 0.5) is 4.39 Å². The average Bonchev–Trinajstić information content (AvgIpc) is 2.60. The first kappa shape index (κ1) is 17.9. The minimum atomic E-state index is -0.909. The van der Waals surface area contributed by atoms with Crippen molar-refractivity contribution in [3.63, 3.8) is 0 Å². The quantitative estimate of drug-likeness (QED) is 0.884. The van der Waals surface area contributed by atoms with Crippen LogP contribution in [-0.4, -0.2) is 47.1 Å². The molecule has 1 heterocycles. The van der Waals surface area contributed by atoms with Gasteiger partial charge in [0.05, 0.1) is 5.56 Å². The van der Waals surface area contributed by atoms with E-state index < -0.39 is 5.97 Å². The van der Waals surface area contributed by atoms with Crippen LogP contribution in [0.3, 0.4) is 0 Å². The zero-order chi connectivity index (χ0) is 17.8. The lowest BCUT2D eigenvalue weighted by Crippen LogP contribution is -2.45. The van der Waals surface area contributed by atoms with Crippen molar-refractivity contribution in [2.24, 2.45) is 0 Å². The Hall–Kier alpha value is -1.95. The molecule has 0 unspecified atom stereocenters. The fourth-order valence-electron chi connectivity index (χ4n) is 3.07. The van der Waals surface area contributed by atoms with E-state index in [0.717, 1.165) is 38.3 Å². The molecule has 132 valence electrons. The molecule has 0 saturated carbocycles. The summed E-state index contributed by atoms with van der Waals surface area (Å²) in [4.78, 5) is 15.5. The predicted molar refractivity (Wildman–Crippen MR) is 95.4 cm³/mol. The standard InChI is InChI=1S/C19H20ClFN2O2/c20-17-5-2-6-18(21)16(17)13-23-9-7-22(8-10-23)12-14-3-1-4-15(11-14)19(24)25/h1-6,11H,7-10,12-13H2,(H,24,25). The maximum absolute atomic E-state index is 13.9. The van der Waals surface area contributed by atoms with E-state index in [0.29, 0.717) is 22.7 Å². The SMILES string of the molecule is O=C(O)c1cccc(CN2CCN(Cc3c(F)cccc3Cl)CC2)c1. The Bertz CT molecular complexity index is 741. The van der Waals surface area contributed by atoms with Gasteiger partial charge in [-0.25, -0.2) is 9.18 Å². The number of carboxylic acid groups (broad SMARTS) is 1. The van der Waals surface area contributed by atoms with E-state index in [1.54, 1.807) is 30.3 Å². The lowest BCUT2D eigenvalue weighted by Gasteiger charge is -2.35. The van der Waals surface area contributed by atoms with E-state index in [2.05, 4.69) is 9.80 Å². The molecule has 25 heavy (non-hydrogen) atoms. The number of hydrogen-bond acceptors (Lipinski definition) is 3. The van der Waals surface area contributed by atoms with Crippen molar-refractivity contribution in [3.05, 3.63) is 70.0 Å². The van der Waals surface area contributed by atoms with E-state index in [1.165, 1.54) is 6.07 Å². The van der Waals surface area contributed by atoms with Crippen LogP contribution >= 0.6 is 11.6 Å². The summed E-state index contributed by atoms with van der Waals surface area (Å²) < 4.78 is 13.9. The third-order valence-corrected chi connectivity index (χ3v) is 4.84. The zero-order valence-electron chi connectivity index (χ0n) is 13.8. The third-order valence-electron chi connectivity index (χ3n) is 4.49. The Labute approximate surface area is 151 Å². The Morgan fingerprint density at radius 3 is 2.32 bits per heavy atom. The molecule has 2 aromatic rings. The van der Waals surface area contributed by atoms with Gasteiger partial charge in [-0.1, -0.05) is 29.8 Å². The molecule has 4 nitrogen and oxygen atoms in total. The first-order valence-electron chi connectivity index (χ1n) is 8.23.